The van der Waals surface area contributed by atoms with E-state index in [9.17, 15) is 0 Å². The lowest BCUT2D eigenvalue weighted by atomic mass is 9.81. The molecule has 0 fully saturated rings. The van der Waals surface area contributed by atoms with E-state index in [2.05, 4.69) is 119 Å². The molecule has 192 valence electrons. The molecule has 1 heterocycles. The molecule has 0 saturated carbocycles. The minimum absolute atomic E-state index is 0.131. The quantitative estimate of drug-likeness (QED) is 0.195. The van der Waals surface area contributed by atoms with Crippen molar-refractivity contribution in [3.05, 3.63) is 143 Å². The molecule has 5 heteroatoms. The predicted octanol–water partition coefficient (Wildman–Crippen LogP) is 6.99. The summed E-state index contributed by atoms with van der Waals surface area (Å²) in [5.74, 6) is 1.90. The number of benzene rings is 4. The van der Waals surface area contributed by atoms with Crippen LogP contribution in [0.25, 0.3) is 0 Å². The first kappa shape index (κ1) is 25.4. The zero-order chi connectivity index (χ0) is 26.2. The maximum atomic E-state index is 5.97. The summed E-state index contributed by atoms with van der Waals surface area (Å²) in [6.45, 7) is 4.99. The lowest BCUT2D eigenvalue weighted by Gasteiger charge is -2.35. The third-order valence-electron chi connectivity index (χ3n) is 7.29. The van der Waals surface area contributed by atoms with E-state index in [4.69, 9.17) is 4.74 Å². The molecule has 0 spiro atoms. The van der Waals surface area contributed by atoms with Crippen LogP contribution in [0.3, 0.4) is 0 Å². The molecule has 0 aliphatic carbocycles. The van der Waals surface area contributed by atoms with Crippen LogP contribution in [0, 0.1) is 0 Å². The van der Waals surface area contributed by atoms with E-state index < -0.39 is 0 Å². The van der Waals surface area contributed by atoms with Crippen LogP contribution in [-0.4, -0.2) is 20.2 Å². The van der Waals surface area contributed by atoms with Gasteiger partial charge in [-0.2, -0.15) is 0 Å². The van der Waals surface area contributed by atoms with E-state index in [-0.39, 0.29) is 11.5 Å². The van der Waals surface area contributed by atoms with Gasteiger partial charge in [-0.25, -0.2) is 4.68 Å². The predicted molar refractivity (Wildman–Crippen MR) is 151 cm³/mol. The Bertz CT molecular complexity index is 1400. The fraction of sp³-hybridized carbons (Fsp3) is 0.242. The van der Waals surface area contributed by atoms with Crippen LogP contribution in [0.2, 0.25) is 0 Å². The van der Waals surface area contributed by atoms with E-state index in [0.717, 1.165) is 36.4 Å². The van der Waals surface area contributed by atoms with Crippen molar-refractivity contribution >= 4 is 0 Å². The van der Waals surface area contributed by atoms with Crippen molar-refractivity contribution in [3.63, 3.8) is 0 Å². The first-order chi connectivity index (χ1) is 18.7. The van der Waals surface area contributed by atoms with Crippen molar-refractivity contribution in [2.75, 3.05) is 0 Å². The highest BCUT2D eigenvalue weighted by molar-refractivity contribution is 5.32. The van der Waals surface area contributed by atoms with Crippen LogP contribution in [0.15, 0.2) is 115 Å². The van der Waals surface area contributed by atoms with Crippen LogP contribution in [-0.2, 0) is 25.0 Å². The van der Waals surface area contributed by atoms with E-state index in [0.29, 0.717) is 6.61 Å². The molecule has 38 heavy (non-hydrogen) atoms. The molecule has 1 aromatic heterocycles. The molecule has 5 rings (SSSR count). The second kappa shape index (κ2) is 11.9. The number of tetrazole rings is 1. The Hall–Kier alpha value is -4.25. The Balaban J connectivity index is 1.37. The number of rotatable bonds is 11. The first-order valence-corrected chi connectivity index (χ1v) is 13.3. The minimum Gasteiger partial charge on any atom is -0.489 e. The number of hydrogen-bond acceptors (Lipinski definition) is 4. The van der Waals surface area contributed by atoms with Crippen molar-refractivity contribution < 1.29 is 4.74 Å². The van der Waals surface area contributed by atoms with Crippen LogP contribution in [0.5, 0.6) is 5.75 Å². The van der Waals surface area contributed by atoms with E-state index in [1.807, 2.05) is 30.3 Å². The lowest BCUT2D eigenvalue weighted by Crippen LogP contribution is -2.39. The smallest absolute Gasteiger partial charge is 0.155 e. The Morgan fingerprint density at radius 3 is 1.97 bits per heavy atom. The van der Waals surface area contributed by atoms with E-state index in [1.54, 1.807) is 0 Å². The molecule has 0 radical (unpaired) electrons. The van der Waals surface area contributed by atoms with Gasteiger partial charge in [-0.3, -0.25) is 0 Å². The molecular formula is C33H34N4O. The maximum absolute atomic E-state index is 5.97. The molecule has 0 saturated heterocycles. The van der Waals surface area contributed by atoms with E-state index >= 15 is 0 Å². The van der Waals surface area contributed by atoms with Gasteiger partial charge in [0.25, 0.3) is 0 Å². The van der Waals surface area contributed by atoms with Crippen LogP contribution >= 0.6 is 0 Å². The van der Waals surface area contributed by atoms with Gasteiger partial charge in [0.2, 0.25) is 0 Å². The Kier molecular flexibility index (Phi) is 7.93. The van der Waals surface area contributed by atoms with Crippen LogP contribution in [0.4, 0.5) is 0 Å². The van der Waals surface area contributed by atoms with Gasteiger partial charge < -0.3 is 4.74 Å². The number of ether oxygens (including phenoxy) is 1. The number of nitrogens with zero attached hydrogens (tertiary/aromatic N) is 4. The number of aromatic nitrogens is 4. The van der Waals surface area contributed by atoms with Crippen LogP contribution < -0.4 is 4.74 Å². The van der Waals surface area contributed by atoms with Gasteiger partial charge in [0.1, 0.15) is 12.4 Å². The Labute approximate surface area is 225 Å². The van der Waals surface area contributed by atoms with Crippen molar-refractivity contribution in [2.24, 2.45) is 0 Å². The van der Waals surface area contributed by atoms with E-state index in [1.165, 1.54) is 16.7 Å². The Morgan fingerprint density at radius 2 is 1.34 bits per heavy atom. The molecule has 5 aromatic rings. The topological polar surface area (TPSA) is 52.8 Å². The highest BCUT2D eigenvalue weighted by atomic mass is 16.5. The molecule has 0 aliphatic heterocycles. The van der Waals surface area contributed by atoms with Gasteiger partial charge in [0.05, 0.1) is 5.54 Å². The zero-order valence-corrected chi connectivity index (χ0v) is 22.1. The SMILES string of the molecule is CCC(Cc1ccccc1)(c1ccccc1)n1nnnc1C(C)Cc1ccc(OCc2ccccc2)cc1. The third-order valence-corrected chi connectivity index (χ3v) is 7.29. The number of hydrogen-bond donors (Lipinski definition) is 0. The second-order valence-corrected chi connectivity index (χ2v) is 9.89. The molecular weight excluding hydrogens is 468 g/mol. The summed E-state index contributed by atoms with van der Waals surface area (Å²) < 4.78 is 8.05. The Morgan fingerprint density at radius 1 is 0.737 bits per heavy atom. The van der Waals surface area contributed by atoms with Gasteiger partial charge in [-0.15, -0.1) is 5.10 Å². The first-order valence-electron chi connectivity index (χ1n) is 13.3. The summed E-state index contributed by atoms with van der Waals surface area (Å²) in [4.78, 5) is 0. The zero-order valence-electron chi connectivity index (χ0n) is 22.1. The summed E-state index contributed by atoms with van der Waals surface area (Å²) >= 11 is 0. The van der Waals surface area contributed by atoms with Crippen molar-refractivity contribution in [1.82, 2.24) is 20.2 Å². The molecule has 0 N–H and O–H groups in total. The van der Waals surface area contributed by atoms with Gasteiger partial charge in [0, 0.05) is 12.3 Å². The van der Waals surface area contributed by atoms with Gasteiger partial charge >= 0.3 is 0 Å². The fourth-order valence-corrected chi connectivity index (χ4v) is 5.17. The highest BCUT2D eigenvalue weighted by Crippen LogP contribution is 2.36. The average Bonchev–Trinajstić information content (AvgIpc) is 3.48. The van der Waals surface area contributed by atoms with Gasteiger partial charge in [0.15, 0.2) is 5.82 Å². The normalized spacial score (nSPS) is 13.5. The molecule has 4 aromatic carbocycles. The molecule has 0 aliphatic rings. The summed E-state index contributed by atoms with van der Waals surface area (Å²) in [6.07, 6.45) is 2.51. The summed E-state index contributed by atoms with van der Waals surface area (Å²) in [7, 11) is 0. The summed E-state index contributed by atoms with van der Waals surface area (Å²) in [6, 6.07) is 39.8. The monoisotopic (exact) mass is 502 g/mol. The standard InChI is InChI=1S/C33H34N4O/c1-3-33(30-17-11-6-12-18-30,24-28-13-7-4-8-14-28)37-32(34-35-36-37)26(2)23-27-19-21-31(22-20-27)38-25-29-15-9-5-10-16-29/h4-22,26H,3,23-25H2,1-2H3. The molecule has 0 bridgehead atoms. The average molecular weight is 503 g/mol. The van der Waals surface area contributed by atoms with Gasteiger partial charge in [-0.1, -0.05) is 117 Å². The highest BCUT2D eigenvalue weighted by Gasteiger charge is 2.37. The second-order valence-electron chi connectivity index (χ2n) is 9.89. The molecule has 0 amide bonds. The lowest BCUT2D eigenvalue weighted by molar-refractivity contribution is 0.284. The fourth-order valence-electron chi connectivity index (χ4n) is 5.17. The van der Waals surface area contributed by atoms with Crippen molar-refractivity contribution in [3.8, 4) is 5.75 Å². The van der Waals surface area contributed by atoms with Gasteiger partial charge in [-0.05, 0) is 57.7 Å². The maximum Gasteiger partial charge on any atom is 0.155 e. The largest absolute Gasteiger partial charge is 0.489 e. The molecule has 2 unspecified atom stereocenters. The minimum atomic E-state index is -0.384. The van der Waals surface area contributed by atoms with Crippen molar-refractivity contribution in [2.45, 2.75) is 51.2 Å². The molecule has 5 nitrogen and oxygen atoms in total. The van der Waals surface area contributed by atoms with Crippen LogP contribution in [0.1, 0.15) is 54.3 Å². The summed E-state index contributed by atoms with van der Waals surface area (Å²) in [5.41, 5.74) is 4.48. The third kappa shape index (κ3) is 5.67. The molecule has 2 atom stereocenters. The van der Waals surface area contributed by atoms with Crippen molar-refractivity contribution in [1.29, 1.82) is 0 Å². The summed E-state index contributed by atoms with van der Waals surface area (Å²) in [5, 5.41) is 13.3.